The molecule has 1 saturated carbocycles. The molecule has 3 fully saturated rings. The molecule has 7 nitrogen and oxygen atoms in total. The first-order chi connectivity index (χ1) is 12.4. The van der Waals surface area contributed by atoms with Gasteiger partial charge in [0.25, 0.3) is 0 Å². The second kappa shape index (κ2) is 7.55. The van der Waals surface area contributed by atoms with Crippen LogP contribution >= 0.6 is 0 Å². The molecule has 146 valence electrons. The van der Waals surface area contributed by atoms with Gasteiger partial charge in [-0.25, -0.2) is 4.79 Å². The number of ether oxygens (including phenoxy) is 1. The van der Waals surface area contributed by atoms with Crippen molar-refractivity contribution in [2.75, 3.05) is 20.2 Å². The fraction of sp³-hybridized carbons (Fsp3) is 0.842. The van der Waals surface area contributed by atoms with Gasteiger partial charge in [0.05, 0.1) is 13.0 Å². The molecule has 26 heavy (non-hydrogen) atoms. The Hall–Kier alpha value is -1.63. The van der Waals surface area contributed by atoms with E-state index >= 15 is 0 Å². The second-order valence-corrected chi connectivity index (χ2v) is 8.27. The predicted molar refractivity (Wildman–Crippen MR) is 96.2 cm³/mol. The summed E-state index contributed by atoms with van der Waals surface area (Å²) in [5.41, 5.74) is -0.855. The highest BCUT2D eigenvalue weighted by Crippen LogP contribution is 2.49. The minimum Gasteiger partial charge on any atom is -0.467 e. The van der Waals surface area contributed by atoms with Crippen LogP contribution in [-0.4, -0.2) is 49.6 Å². The minimum absolute atomic E-state index is 0.0579. The van der Waals surface area contributed by atoms with E-state index in [-0.39, 0.29) is 17.2 Å². The first-order valence-corrected chi connectivity index (χ1v) is 9.84. The lowest BCUT2D eigenvalue weighted by molar-refractivity contribution is -0.146. The zero-order valence-electron chi connectivity index (χ0n) is 15.9. The Morgan fingerprint density at radius 1 is 1.23 bits per heavy atom. The molecule has 0 aromatic heterocycles. The summed E-state index contributed by atoms with van der Waals surface area (Å²) in [6, 6.07) is -0.735. The average Bonchev–Trinajstić information content (AvgIpc) is 3.01. The molecule has 0 aromatic rings. The zero-order valence-corrected chi connectivity index (χ0v) is 15.9. The molecule has 0 aromatic carbocycles. The number of methoxy groups -OCH3 is 1. The highest BCUT2D eigenvalue weighted by Gasteiger charge is 2.58. The van der Waals surface area contributed by atoms with Crippen LogP contribution in [0.4, 0.5) is 0 Å². The maximum absolute atomic E-state index is 13.3. The molecule has 1 spiro atoms. The highest BCUT2D eigenvalue weighted by atomic mass is 16.5. The summed E-state index contributed by atoms with van der Waals surface area (Å²) in [7, 11) is 1.31. The maximum Gasteiger partial charge on any atom is 0.328 e. The molecule has 2 saturated heterocycles. The van der Waals surface area contributed by atoms with Gasteiger partial charge in [0, 0.05) is 13.1 Å². The quantitative estimate of drug-likeness (QED) is 0.643. The van der Waals surface area contributed by atoms with Crippen molar-refractivity contribution in [1.29, 1.82) is 0 Å². The number of rotatable bonds is 4. The Labute approximate surface area is 155 Å². The summed E-state index contributed by atoms with van der Waals surface area (Å²) in [6.07, 6.45) is 8.00. The largest absolute Gasteiger partial charge is 0.467 e. The van der Waals surface area contributed by atoms with Crippen LogP contribution in [0, 0.1) is 11.3 Å². The van der Waals surface area contributed by atoms with Crippen molar-refractivity contribution < 1.29 is 19.1 Å². The molecule has 1 unspecified atom stereocenters. The molecule has 3 aliphatic rings. The van der Waals surface area contributed by atoms with Gasteiger partial charge in [0.15, 0.2) is 0 Å². The van der Waals surface area contributed by atoms with Crippen LogP contribution in [0.1, 0.15) is 58.3 Å². The summed E-state index contributed by atoms with van der Waals surface area (Å²) < 4.78 is 4.73. The lowest BCUT2D eigenvalue weighted by Gasteiger charge is -2.40. The van der Waals surface area contributed by atoms with E-state index in [4.69, 9.17) is 4.74 Å². The maximum atomic E-state index is 13.3. The van der Waals surface area contributed by atoms with E-state index in [9.17, 15) is 14.4 Å². The van der Waals surface area contributed by atoms with E-state index in [2.05, 4.69) is 16.0 Å². The summed E-state index contributed by atoms with van der Waals surface area (Å²) in [6.45, 7) is 3.04. The average molecular weight is 365 g/mol. The summed E-state index contributed by atoms with van der Waals surface area (Å²) in [5.74, 6) is -1.19. The predicted octanol–water partition coefficient (Wildman–Crippen LogP) is 0.873. The van der Waals surface area contributed by atoms with Gasteiger partial charge in [-0.3, -0.25) is 9.59 Å². The molecular formula is C19H31N3O4. The van der Waals surface area contributed by atoms with Gasteiger partial charge < -0.3 is 20.7 Å². The summed E-state index contributed by atoms with van der Waals surface area (Å²) in [5, 5.41) is 9.18. The summed E-state index contributed by atoms with van der Waals surface area (Å²) in [4.78, 5) is 37.7. The number of nitrogens with one attached hydrogen (secondary N) is 3. The highest BCUT2D eigenvalue weighted by molar-refractivity contribution is 5.96. The van der Waals surface area contributed by atoms with E-state index in [0.717, 1.165) is 25.8 Å². The fourth-order valence-corrected chi connectivity index (χ4v) is 5.09. The van der Waals surface area contributed by atoms with Crippen molar-refractivity contribution in [3.05, 3.63) is 0 Å². The van der Waals surface area contributed by atoms with Crippen LogP contribution in [-0.2, 0) is 19.1 Å². The number of hydrogen-bond acceptors (Lipinski definition) is 5. The standard InChI is InChI=1S/C19H31N3O4/c1-13(16(24)26-2)22-17(25)19(14-7-6-10-20-15(14)23)11-18(12-21-19)8-4-3-5-9-18/h13-14,21H,3-12H2,1-2H3,(H,20,23)(H,22,25)/t13?,14-,19+/m1/s1. The van der Waals surface area contributed by atoms with E-state index in [1.807, 2.05) is 0 Å². The molecule has 1 aliphatic carbocycles. The van der Waals surface area contributed by atoms with Gasteiger partial charge in [-0.2, -0.15) is 0 Å². The van der Waals surface area contributed by atoms with E-state index < -0.39 is 23.5 Å². The van der Waals surface area contributed by atoms with Gasteiger partial charge in [-0.05, 0) is 44.4 Å². The van der Waals surface area contributed by atoms with Crippen LogP contribution in [0.5, 0.6) is 0 Å². The number of hydrogen-bond donors (Lipinski definition) is 3. The fourth-order valence-electron chi connectivity index (χ4n) is 5.09. The van der Waals surface area contributed by atoms with Crippen LogP contribution < -0.4 is 16.0 Å². The Morgan fingerprint density at radius 2 is 1.96 bits per heavy atom. The third kappa shape index (κ3) is 3.46. The van der Waals surface area contributed by atoms with E-state index in [0.29, 0.717) is 19.4 Å². The van der Waals surface area contributed by atoms with Gasteiger partial charge in [0.2, 0.25) is 11.8 Å². The topological polar surface area (TPSA) is 96.5 Å². The third-order valence-corrected chi connectivity index (χ3v) is 6.53. The van der Waals surface area contributed by atoms with Gasteiger partial charge in [0.1, 0.15) is 11.6 Å². The summed E-state index contributed by atoms with van der Waals surface area (Å²) >= 11 is 0. The molecule has 2 aliphatic heterocycles. The van der Waals surface area contributed by atoms with Crippen molar-refractivity contribution in [2.24, 2.45) is 11.3 Å². The number of piperidine rings is 1. The number of carbonyl (C=O) groups excluding carboxylic acids is 3. The molecule has 0 radical (unpaired) electrons. The Morgan fingerprint density at radius 3 is 2.62 bits per heavy atom. The normalized spacial score (nSPS) is 31.9. The lowest BCUT2D eigenvalue weighted by Crippen LogP contribution is -2.64. The molecule has 7 heteroatoms. The van der Waals surface area contributed by atoms with Crippen molar-refractivity contribution in [3.63, 3.8) is 0 Å². The number of amides is 2. The van der Waals surface area contributed by atoms with Crippen LogP contribution in [0.2, 0.25) is 0 Å². The lowest BCUT2D eigenvalue weighted by atomic mass is 9.66. The van der Waals surface area contributed by atoms with Gasteiger partial charge >= 0.3 is 5.97 Å². The molecule has 2 heterocycles. The molecule has 3 atom stereocenters. The monoisotopic (exact) mass is 365 g/mol. The molecule has 3 rings (SSSR count). The van der Waals surface area contributed by atoms with Crippen molar-refractivity contribution >= 4 is 17.8 Å². The van der Waals surface area contributed by atoms with E-state index in [1.165, 1.54) is 26.4 Å². The first kappa shape index (κ1) is 19.1. The molecular weight excluding hydrogens is 334 g/mol. The van der Waals surface area contributed by atoms with Crippen molar-refractivity contribution in [2.45, 2.75) is 69.9 Å². The second-order valence-electron chi connectivity index (χ2n) is 8.27. The minimum atomic E-state index is -0.940. The van der Waals surface area contributed by atoms with Crippen LogP contribution in [0.15, 0.2) is 0 Å². The van der Waals surface area contributed by atoms with Gasteiger partial charge in [-0.15, -0.1) is 0 Å². The zero-order chi connectivity index (χ0) is 18.8. The Bertz CT molecular complexity index is 573. The number of carbonyl (C=O) groups is 3. The van der Waals surface area contributed by atoms with E-state index in [1.54, 1.807) is 6.92 Å². The Balaban J connectivity index is 1.86. The Kier molecular flexibility index (Phi) is 5.55. The van der Waals surface area contributed by atoms with Crippen molar-refractivity contribution in [1.82, 2.24) is 16.0 Å². The van der Waals surface area contributed by atoms with Gasteiger partial charge in [-0.1, -0.05) is 19.3 Å². The molecule has 2 amide bonds. The molecule has 0 bridgehead atoms. The van der Waals surface area contributed by atoms with Crippen LogP contribution in [0.25, 0.3) is 0 Å². The smallest absolute Gasteiger partial charge is 0.328 e. The number of esters is 1. The third-order valence-electron chi connectivity index (χ3n) is 6.53. The molecule has 3 N–H and O–H groups in total. The van der Waals surface area contributed by atoms with Crippen LogP contribution in [0.3, 0.4) is 0 Å². The van der Waals surface area contributed by atoms with Crippen molar-refractivity contribution in [3.8, 4) is 0 Å². The first-order valence-electron chi connectivity index (χ1n) is 9.84. The SMILES string of the molecule is COC(=O)C(C)NC(=O)[C@@]1([C@@H]2CCCNC2=O)CC2(CCCCC2)CN1.